The van der Waals surface area contributed by atoms with E-state index in [1.807, 2.05) is 12.3 Å². The second-order valence-corrected chi connectivity index (χ2v) is 5.24. The first kappa shape index (κ1) is 12.4. The predicted octanol–water partition coefficient (Wildman–Crippen LogP) is 2.86. The Morgan fingerprint density at radius 2 is 1.90 bits per heavy atom. The molecule has 0 saturated carbocycles. The Balaban J connectivity index is 1.74. The number of hydrogen-bond donors (Lipinski definition) is 0. The minimum absolute atomic E-state index is 0.814. The van der Waals surface area contributed by atoms with E-state index >= 15 is 0 Å². The molecule has 0 aliphatic carbocycles. The van der Waals surface area contributed by atoms with Gasteiger partial charge in [0.25, 0.3) is 0 Å². The second-order valence-electron chi connectivity index (χ2n) is 5.24. The molecule has 1 aromatic carbocycles. The molecule has 1 saturated heterocycles. The maximum atomic E-state index is 5.42. The Morgan fingerprint density at radius 1 is 1.00 bits per heavy atom. The van der Waals surface area contributed by atoms with Crippen molar-refractivity contribution in [1.29, 1.82) is 0 Å². The molecule has 21 heavy (non-hydrogen) atoms. The summed E-state index contributed by atoms with van der Waals surface area (Å²) in [7, 11) is 0. The summed E-state index contributed by atoms with van der Waals surface area (Å²) in [5.74, 6) is 0. The molecule has 4 heteroatoms. The molecule has 4 rings (SSSR count). The maximum absolute atomic E-state index is 5.42. The smallest absolute Gasteiger partial charge is 0.0642 e. The van der Waals surface area contributed by atoms with Crippen LogP contribution in [0.3, 0.4) is 0 Å². The molecule has 0 bridgehead atoms. The second kappa shape index (κ2) is 5.22. The fourth-order valence-corrected chi connectivity index (χ4v) is 2.87. The van der Waals surface area contributed by atoms with Crippen molar-refractivity contribution in [3.05, 3.63) is 55.0 Å². The van der Waals surface area contributed by atoms with E-state index in [1.165, 1.54) is 16.6 Å². The van der Waals surface area contributed by atoms with Gasteiger partial charge in [0, 0.05) is 36.6 Å². The zero-order valence-electron chi connectivity index (χ0n) is 11.8. The van der Waals surface area contributed by atoms with Crippen molar-refractivity contribution < 1.29 is 4.74 Å². The molecule has 0 unspecified atom stereocenters. The largest absolute Gasteiger partial charge is 0.378 e. The first-order chi connectivity index (χ1) is 10.4. The van der Waals surface area contributed by atoms with E-state index < -0.39 is 0 Å². The van der Waals surface area contributed by atoms with Crippen LogP contribution >= 0.6 is 0 Å². The van der Waals surface area contributed by atoms with Crippen molar-refractivity contribution in [2.75, 3.05) is 31.2 Å². The first-order valence-electron chi connectivity index (χ1n) is 7.26. The molecular weight excluding hydrogens is 262 g/mol. The highest BCUT2D eigenvalue weighted by molar-refractivity contribution is 5.85. The highest BCUT2D eigenvalue weighted by Gasteiger charge is 2.12. The van der Waals surface area contributed by atoms with Gasteiger partial charge in [0.1, 0.15) is 0 Å². The Bertz CT molecular complexity index is 745. The molecule has 1 aliphatic rings. The number of pyridine rings is 1. The van der Waals surface area contributed by atoms with Gasteiger partial charge in [-0.2, -0.15) is 0 Å². The van der Waals surface area contributed by atoms with E-state index in [4.69, 9.17) is 4.74 Å². The van der Waals surface area contributed by atoms with Gasteiger partial charge in [-0.1, -0.05) is 0 Å². The molecule has 3 aromatic rings. The van der Waals surface area contributed by atoms with Crippen molar-refractivity contribution in [3.63, 3.8) is 0 Å². The van der Waals surface area contributed by atoms with E-state index in [9.17, 15) is 0 Å². The SMILES string of the molecule is c1cncc(-n2ccc3cc(N4CCOCC4)ccc32)c1. The van der Waals surface area contributed by atoms with Crippen molar-refractivity contribution in [2.24, 2.45) is 0 Å². The van der Waals surface area contributed by atoms with Gasteiger partial charge in [0.2, 0.25) is 0 Å². The number of anilines is 1. The molecular formula is C17H17N3O. The van der Waals surface area contributed by atoms with Gasteiger partial charge in [-0.25, -0.2) is 0 Å². The van der Waals surface area contributed by atoms with Gasteiger partial charge in [0.15, 0.2) is 0 Å². The number of nitrogens with zero attached hydrogens (tertiary/aromatic N) is 3. The molecule has 3 heterocycles. The number of benzene rings is 1. The van der Waals surface area contributed by atoms with E-state index in [-0.39, 0.29) is 0 Å². The molecule has 106 valence electrons. The highest BCUT2D eigenvalue weighted by atomic mass is 16.5. The lowest BCUT2D eigenvalue weighted by molar-refractivity contribution is 0.122. The van der Waals surface area contributed by atoms with Gasteiger partial charge < -0.3 is 14.2 Å². The standard InChI is InChI=1S/C17H17N3O/c1-2-16(13-18-6-1)20-7-5-14-12-15(3-4-17(14)20)19-8-10-21-11-9-19/h1-7,12-13H,8-11H2. The van der Waals surface area contributed by atoms with Crippen molar-refractivity contribution in [1.82, 2.24) is 9.55 Å². The fraction of sp³-hybridized carbons (Fsp3) is 0.235. The molecule has 4 nitrogen and oxygen atoms in total. The summed E-state index contributed by atoms with van der Waals surface area (Å²) in [5, 5.41) is 1.25. The van der Waals surface area contributed by atoms with Crippen LogP contribution in [-0.2, 0) is 4.74 Å². The van der Waals surface area contributed by atoms with Crippen LogP contribution in [0.1, 0.15) is 0 Å². The van der Waals surface area contributed by atoms with Crippen molar-refractivity contribution >= 4 is 16.6 Å². The Kier molecular flexibility index (Phi) is 3.09. The molecule has 0 atom stereocenters. The molecule has 0 spiro atoms. The quantitative estimate of drug-likeness (QED) is 0.722. The van der Waals surface area contributed by atoms with Gasteiger partial charge >= 0.3 is 0 Å². The Morgan fingerprint density at radius 3 is 2.71 bits per heavy atom. The third kappa shape index (κ3) is 2.28. The van der Waals surface area contributed by atoms with Gasteiger partial charge in [-0.3, -0.25) is 4.98 Å². The zero-order valence-corrected chi connectivity index (χ0v) is 11.8. The monoisotopic (exact) mass is 279 g/mol. The molecule has 0 radical (unpaired) electrons. The molecule has 1 fully saturated rings. The predicted molar refractivity (Wildman–Crippen MR) is 84.1 cm³/mol. The summed E-state index contributed by atoms with van der Waals surface area (Å²) in [6.45, 7) is 3.56. The van der Waals surface area contributed by atoms with Crippen LogP contribution in [0, 0.1) is 0 Å². The number of hydrogen-bond acceptors (Lipinski definition) is 3. The van der Waals surface area contributed by atoms with Gasteiger partial charge in [-0.05, 0) is 36.4 Å². The summed E-state index contributed by atoms with van der Waals surface area (Å²) in [5.41, 5.74) is 3.57. The topological polar surface area (TPSA) is 30.3 Å². The number of ether oxygens (including phenoxy) is 1. The normalized spacial score (nSPS) is 15.5. The van der Waals surface area contributed by atoms with Crippen molar-refractivity contribution in [3.8, 4) is 5.69 Å². The number of rotatable bonds is 2. The minimum atomic E-state index is 0.814. The van der Waals surface area contributed by atoms with E-state index in [2.05, 4.69) is 51.0 Å². The lowest BCUT2D eigenvalue weighted by atomic mass is 10.2. The van der Waals surface area contributed by atoms with Crippen LogP contribution in [0.4, 0.5) is 5.69 Å². The van der Waals surface area contributed by atoms with Crippen LogP contribution in [0.15, 0.2) is 55.0 Å². The van der Waals surface area contributed by atoms with E-state index in [0.717, 1.165) is 32.0 Å². The summed E-state index contributed by atoms with van der Waals surface area (Å²) in [4.78, 5) is 6.57. The van der Waals surface area contributed by atoms with Crippen LogP contribution in [0.2, 0.25) is 0 Å². The third-order valence-corrected chi connectivity index (χ3v) is 3.97. The zero-order chi connectivity index (χ0) is 14.1. The number of morpholine rings is 1. The van der Waals surface area contributed by atoms with Gasteiger partial charge in [-0.15, -0.1) is 0 Å². The maximum Gasteiger partial charge on any atom is 0.0642 e. The average Bonchev–Trinajstić information content (AvgIpc) is 2.99. The molecule has 0 amide bonds. The van der Waals surface area contributed by atoms with E-state index in [0.29, 0.717) is 0 Å². The van der Waals surface area contributed by atoms with Crippen LogP contribution in [-0.4, -0.2) is 35.9 Å². The summed E-state index contributed by atoms with van der Waals surface area (Å²) < 4.78 is 7.59. The Hall–Kier alpha value is -2.33. The average molecular weight is 279 g/mol. The summed E-state index contributed by atoms with van der Waals surface area (Å²) in [6, 6.07) is 12.8. The fourth-order valence-electron chi connectivity index (χ4n) is 2.87. The van der Waals surface area contributed by atoms with Crippen molar-refractivity contribution in [2.45, 2.75) is 0 Å². The van der Waals surface area contributed by atoms with Crippen LogP contribution in [0.25, 0.3) is 16.6 Å². The molecule has 0 N–H and O–H groups in total. The number of fused-ring (bicyclic) bond motifs is 1. The van der Waals surface area contributed by atoms with Crippen LogP contribution in [0.5, 0.6) is 0 Å². The summed E-state index contributed by atoms with van der Waals surface area (Å²) in [6.07, 6.45) is 5.78. The minimum Gasteiger partial charge on any atom is -0.378 e. The highest BCUT2D eigenvalue weighted by Crippen LogP contribution is 2.25. The lowest BCUT2D eigenvalue weighted by Crippen LogP contribution is -2.36. The lowest BCUT2D eigenvalue weighted by Gasteiger charge is -2.28. The first-order valence-corrected chi connectivity index (χ1v) is 7.26. The Labute approximate surface area is 123 Å². The summed E-state index contributed by atoms with van der Waals surface area (Å²) >= 11 is 0. The number of aromatic nitrogens is 2. The van der Waals surface area contributed by atoms with Crippen LogP contribution < -0.4 is 4.90 Å². The molecule has 2 aromatic heterocycles. The third-order valence-electron chi connectivity index (χ3n) is 3.97. The van der Waals surface area contributed by atoms with Gasteiger partial charge in [0.05, 0.1) is 30.6 Å². The molecule has 1 aliphatic heterocycles. The van der Waals surface area contributed by atoms with E-state index in [1.54, 1.807) is 6.20 Å².